The molecule has 0 radical (unpaired) electrons. The van der Waals surface area contributed by atoms with E-state index in [-0.39, 0.29) is 48.9 Å². The average Bonchev–Trinajstić information content (AvgIpc) is 3.64. The standard InChI is InChI=1S/C29H36F3N5O2S/c1-16-14-23(40-4)22(26(38)35-16)15-34-27(39)24-18(3)37(25-21(24)6-5-13-33-25)17(2)19-7-9-20(10-8-19)36-28(11-12-28)29(30,31)32/h5-6,13-14,17,19-20,36H,7-12,15H2,1-4H3,(H,34,39)(H,35,38)/t17-,19?,20?/m1/s1. The highest BCUT2D eigenvalue weighted by molar-refractivity contribution is 7.98. The fourth-order valence-electron chi connectivity index (χ4n) is 6.32. The Morgan fingerprint density at radius 1 is 1.25 bits per heavy atom. The van der Waals surface area contributed by atoms with Gasteiger partial charge in [-0.05, 0) is 89.7 Å². The van der Waals surface area contributed by atoms with Crippen LogP contribution >= 0.6 is 11.8 Å². The van der Waals surface area contributed by atoms with Gasteiger partial charge in [0.25, 0.3) is 11.5 Å². The second kappa shape index (κ2) is 10.9. The van der Waals surface area contributed by atoms with Crippen LogP contribution < -0.4 is 16.2 Å². The minimum atomic E-state index is -4.20. The quantitative estimate of drug-likeness (QED) is 0.296. The van der Waals surface area contributed by atoms with E-state index in [0.29, 0.717) is 29.6 Å². The molecule has 7 nitrogen and oxygen atoms in total. The van der Waals surface area contributed by atoms with E-state index >= 15 is 0 Å². The summed E-state index contributed by atoms with van der Waals surface area (Å²) in [7, 11) is 0. The second-order valence-corrected chi connectivity index (χ2v) is 12.1. The number of thioether (sulfide) groups is 1. The number of alkyl halides is 3. The lowest BCUT2D eigenvalue weighted by Gasteiger charge is -2.36. The number of fused-ring (bicyclic) bond motifs is 1. The molecular formula is C29H36F3N5O2S. The summed E-state index contributed by atoms with van der Waals surface area (Å²) < 4.78 is 42.4. The van der Waals surface area contributed by atoms with Crippen LogP contribution in [0.15, 0.2) is 34.1 Å². The summed E-state index contributed by atoms with van der Waals surface area (Å²) in [6.07, 6.45) is 2.70. The molecule has 2 aliphatic carbocycles. The smallest absolute Gasteiger partial charge is 0.348 e. The van der Waals surface area contributed by atoms with Crippen molar-refractivity contribution in [2.45, 2.75) is 94.5 Å². The van der Waals surface area contributed by atoms with Crippen LogP contribution in [-0.2, 0) is 6.54 Å². The van der Waals surface area contributed by atoms with Gasteiger partial charge in [-0.25, -0.2) is 4.98 Å². The first-order valence-corrected chi connectivity index (χ1v) is 15.0. The lowest BCUT2D eigenvalue weighted by molar-refractivity contribution is -0.168. The molecule has 2 saturated carbocycles. The number of hydrogen-bond acceptors (Lipinski definition) is 5. The molecular weight excluding hydrogens is 539 g/mol. The van der Waals surface area contributed by atoms with Crippen molar-refractivity contribution in [3.8, 4) is 0 Å². The van der Waals surface area contributed by atoms with E-state index in [9.17, 15) is 22.8 Å². The van der Waals surface area contributed by atoms with Crippen molar-refractivity contribution < 1.29 is 18.0 Å². The van der Waals surface area contributed by atoms with E-state index in [1.165, 1.54) is 11.8 Å². The molecule has 0 aromatic carbocycles. The second-order valence-electron chi connectivity index (χ2n) is 11.3. The molecule has 1 atom stereocenters. The van der Waals surface area contributed by atoms with Gasteiger partial charge in [-0.3, -0.25) is 9.59 Å². The van der Waals surface area contributed by atoms with Gasteiger partial charge < -0.3 is 20.2 Å². The summed E-state index contributed by atoms with van der Waals surface area (Å²) in [5, 5.41) is 6.61. The maximum absolute atomic E-state index is 13.5. The summed E-state index contributed by atoms with van der Waals surface area (Å²) in [6, 6.07) is 5.46. The van der Waals surface area contributed by atoms with Crippen molar-refractivity contribution in [3.63, 3.8) is 0 Å². The molecule has 11 heteroatoms. The summed E-state index contributed by atoms with van der Waals surface area (Å²) >= 11 is 1.46. The summed E-state index contributed by atoms with van der Waals surface area (Å²) in [5.41, 5.74) is 1.41. The van der Waals surface area contributed by atoms with E-state index in [2.05, 4.69) is 32.1 Å². The molecule has 0 spiro atoms. The van der Waals surface area contributed by atoms with Gasteiger partial charge in [-0.15, -0.1) is 11.8 Å². The highest BCUT2D eigenvalue weighted by Crippen LogP contribution is 2.50. The largest absolute Gasteiger partial charge is 0.406 e. The number of H-pyrrole nitrogens is 1. The first-order chi connectivity index (χ1) is 19.0. The lowest BCUT2D eigenvalue weighted by Crippen LogP contribution is -2.50. The predicted molar refractivity (Wildman–Crippen MR) is 151 cm³/mol. The van der Waals surface area contributed by atoms with Crippen LogP contribution in [0.5, 0.6) is 0 Å². The number of rotatable bonds is 8. The number of amides is 1. The molecule has 1 amide bonds. The number of nitrogens with zero attached hydrogens (tertiary/aromatic N) is 2. The molecule has 3 N–H and O–H groups in total. The predicted octanol–water partition coefficient (Wildman–Crippen LogP) is 5.80. The Balaban J connectivity index is 1.34. The fourth-order valence-corrected chi connectivity index (χ4v) is 7.02. The van der Waals surface area contributed by atoms with Crippen LogP contribution in [0.3, 0.4) is 0 Å². The van der Waals surface area contributed by atoms with Gasteiger partial charge in [0.15, 0.2) is 0 Å². The molecule has 5 rings (SSSR count). The highest BCUT2D eigenvalue weighted by atomic mass is 32.2. The number of aromatic nitrogens is 3. The molecule has 0 bridgehead atoms. The zero-order valence-electron chi connectivity index (χ0n) is 23.2. The van der Waals surface area contributed by atoms with Gasteiger partial charge in [0.05, 0.1) is 5.56 Å². The number of aryl methyl sites for hydroxylation is 1. The van der Waals surface area contributed by atoms with E-state index in [1.807, 2.05) is 32.2 Å². The Hall–Kier alpha value is -2.79. The van der Waals surface area contributed by atoms with Crippen molar-refractivity contribution in [2.24, 2.45) is 5.92 Å². The number of carbonyl (C=O) groups excluding carboxylic acids is 1. The van der Waals surface area contributed by atoms with Crippen molar-refractivity contribution >= 4 is 28.7 Å². The number of pyridine rings is 2. The minimum Gasteiger partial charge on any atom is -0.348 e. The van der Waals surface area contributed by atoms with E-state index in [1.54, 1.807) is 12.3 Å². The third-order valence-electron chi connectivity index (χ3n) is 8.74. The van der Waals surface area contributed by atoms with Gasteiger partial charge in [0, 0.05) is 52.1 Å². The Kier molecular flexibility index (Phi) is 7.82. The topological polar surface area (TPSA) is 91.8 Å². The number of aromatic amines is 1. The monoisotopic (exact) mass is 575 g/mol. The first kappa shape index (κ1) is 28.7. The zero-order chi connectivity index (χ0) is 28.8. The lowest BCUT2D eigenvalue weighted by atomic mass is 9.81. The SMILES string of the molecule is CSc1cc(C)[nH]c(=O)c1CNC(=O)c1c(C)n([C@H](C)C2CCC(NC3(C(F)(F)F)CC3)CC2)c2ncccc12. The molecule has 0 saturated heterocycles. The van der Waals surface area contributed by atoms with Crippen molar-refractivity contribution in [3.05, 3.63) is 57.3 Å². The molecule has 2 fully saturated rings. The van der Waals surface area contributed by atoms with Gasteiger partial charge >= 0.3 is 6.18 Å². The number of nitrogens with one attached hydrogen (secondary N) is 3. The Bertz CT molecular complexity index is 1470. The van der Waals surface area contributed by atoms with Gasteiger partial charge in [-0.2, -0.15) is 13.2 Å². The molecule has 2 aliphatic rings. The zero-order valence-corrected chi connectivity index (χ0v) is 24.1. The number of halogens is 3. The van der Waals surface area contributed by atoms with E-state index in [4.69, 9.17) is 0 Å². The van der Waals surface area contributed by atoms with Crippen LogP contribution in [0.1, 0.15) is 78.8 Å². The molecule has 216 valence electrons. The van der Waals surface area contributed by atoms with Gasteiger partial charge in [-0.1, -0.05) is 0 Å². The Labute approximate surface area is 235 Å². The Morgan fingerprint density at radius 3 is 2.58 bits per heavy atom. The van der Waals surface area contributed by atoms with Crippen LogP contribution in [0.4, 0.5) is 13.2 Å². The first-order valence-electron chi connectivity index (χ1n) is 13.8. The minimum absolute atomic E-state index is 0.0143. The Morgan fingerprint density at radius 2 is 1.95 bits per heavy atom. The van der Waals surface area contributed by atoms with Crippen LogP contribution in [0.25, 0.3) is 11.0 Å². The molecule has 40 heavy (non-hydrogen) atoms. The van der Waals surface area contributed by atoms with Gasteiger partial charge in [0.1, 0.15) is 11.2 Å². The normalized spacial score (nSPS) is 21.4. The van der Waals surface area contributed by atoms with Crippen molar-refractivity contribution in [1.29, 1.82) is 0 Å². The highest BCUT2D eigenvalue weighted by Gasteiger charge is 2.63. The maximum atomic E-state index is 13.5. The van der Waals surface area contributed by atoms with Crippen molar-refractivity contribution in [1.82, 2.24) is 25.2 Å². The molecule has 0 unspecified atom stereocenters. The third-order valence-corrected chi connectivity index (χ3v) is 9.55. The summed E-state index contributed by atoms with van der Waals surface area (Å²) in [6.45, 7) is 5.94. The van der Waals surface area contributed by atoms with Crippen molar-refractivity contribution in [2.75, 3.05) is 6.26 Å². The molecule has 0 aliphatic heterocycles. The molecule has 3 aromatic rings. The fraction of sp³-hybridized carbons (Fsp3) is 0.552. The van der Waals surface area contributed by atoms with Gasteiger partial charge in [0.2, 0.25) is 0 Å². The molecule has 3 heterocycles. The number of hydrogen-bond donors (Lipinski definition) is 3. The van der Waals surface area contributed by atoms with Crippen LogP contribution in [-0.4, -0.2) is 44.5 Å². The summed E-state index contributed by atoms with van der Waals surface area (Å²) in [4.78, 5) is 34.4. The third kappa shape index (κ3) is 5.30. The molecule has 3 aromatic heterocycles. The average molecular weight is 576 g/mol. The van der Waals surface area contributed by atoms with E-state index < -0.39 is 11.7 Å². The number of carbonyl (C=O) groups is 1. The van der Waals surface area contributed by atoms with E-state index in [0.717, 1.165) is 34.5 Å². The maximum Gasteiger partial charge on any atom is 0.406 e. The van der Waals surface area contributed by atoms with Crippen LogP contribution in [0, 0.1) is 19.8 Å². The summed E-state index contributed by atoms with van der Waals surface area (Å²) in [5.74, 6) is -0.0233. The van der Waals surface area contributed by atoms with Crippen LogP contribution in [0.2, 0.25) is 0 Å².